The number of nitrogens with zero attached hydrogens (tertiary/aromatic N) is 3. The van der Waals surface area contributed by atoms with E-state index in [2.05, 4.69) is 20.6 Å². The summed E-state index contributed by atoms with van der Waals surface area (Å²) in [6.07, 6.45) is 5.32. The highest BCUT2D eigenvalue weighted by Gasteiger charge is 2.10. The minimum Gasteiger partial charge on any atom is -0.369 e. The molecule has 0 spiro atoms. The fourth-order valence-electron chi connectivity index (χ4n) is 2.00. The second-order valence-corrected chi connectivity index (χ2v) is 4.82. The Morgan fingerprint density at radius 1 is 1.38 bits per heavy atom. The first-order valence-corrected chi connectivity index (χ1v) is 6.85. The Morgan fingerprint density at radius 3 is 3.05 bits per heavy atom. The third-order valence-corrected chi connectivity index (χ3v) is 3.24. The molecule has 0 atom stereocenters. The van der Waals surface area contributed by atoms with Gasteiger partial charge in [-0.15, -0.1) is 0 Å². The van der Waals surface area contributed by atoms with E-state index >= 15 is 0 Å². The minimum atomic E-state index is -0.371. The van der Waals surface area contributed by atoms with Crippen molar-refractivity contribution in [2.45, 2.75) is 6.92 Å². The highest BCUT2D eigenvalue weighted by molar-refractivity contribution is 6.33. The Balaban J connectivity index is 2.06. The van der Waals surface area contributed by atoms with Crippen molar-refractivity contribution in [1.29, 1.82) is 0 Å². The van der Waals surface area contributed by atoms with E-state index in [1.54, 1.807) is 6.20 Å². The molecule has 108 valence electrons. The lowest BCUT2D eigenvalue weighted by Gasteiger charge is -2.11. The number of fused-ring (bicyclic) bond motifs is 1. The number of hydrogen-bond acceptors (Lipinski definition) is 4. The van der Waals surface area contributed by atoms with Crippen LogP contribution in [0.25, 0.3) is 5.65 Å². The van der Waals surface area contributed by atoms with Gasteiger partial charge in [0.15, 0.2) is 11.5 Å². The zero-order valence-corrected chi connectivity index (χ0v) is 12.0. The van der Waals surface area contributed by atoms with Gasteiger partial charge < -0.3 is 15.0 Å². The first-order chi connectivity index (χ1) is 10.2. The van der Waals surface area contributed by atoms with E-state index in [1.807, 2.05) is 23.7 Å². The Hall–Kier alpha value is -2.34. The fourth-order valence-corrected chi connectivity index (χ4v) is 2.17. The zero-order chi connectivity index (χ0) is 14.8. The van der Waals surface area contributed by atoms with E-state index < -0.39 is 0 Å². The quantitative estimate of drug-likeness (QED) is 0.772. The summed E-state index contributed by atoms with van der Waals surface area (Å²) < 4.78 is 15.2. The van der Waals surface area contributed by atoms with Crippen LogP contribution in [0.3, 0.4) is 0 Å². The minimum absolute atomic E-state index is 0.371. The van der Waals surface area contributed by atoms with Crippen molar-refractivity contribution >= 4 is 34.6 Å². The van der Waals surface area contributed by atoms with E-state index in [0.717, 1.165) is 6.54 Å². The molecule has 0 unspecified atom stereocenters. The van der Waals surface area contributed by atoms with Crippen LogP contribution in [0.1, 0.15) is 6.92 Å². The molecule has 0 aliphatic rings. The van der Waals surface area contributed by atoms with Gasteiger partial charge in [0.05, 0.1) is 16.9 Å². The number of benzene rings is 1. The van der Waals surface area contributed by atoms with Gasteiger partial charge in [-0.3, -0.25) is 0 Å². The van der Waals surface area contributed by atoms with Gasteiger partial charge in [-0.05, 0) is 25.1 Å². The van der Waals surface area contributed by atoms with Crippen molar-refractivity contribution in [2.75, 3.05) is 17.2 Å². The van der Waals surface area contributed by atoms with Crippen LogP contribution >= 0.6 is 11.6 Å². The molecule has 0 saturated carbocycles. The SMILES string of the molecule is CCNc1cn2ccnc2c(Nc2cc(F)ccc2Cl)n1. The van der Waals surface area contributed by atoms with Crippen LogP contribution in [0, 0.1) is 5.82 Å². The van der Waals surface area contributed by atoms with Gasteiger partial charge >= 0.3 is 0 Å². The normalized spacial score (nSPS) is 10.8. The average Bonchev–Trinajstić information content (AvgIpc) is 2.92. The molecule has 1 aromatic carbocycles. The molecule has 7 heteroatoms. The molecule has 3 aromatic rings. The van der Waals surface area contributed by atoms with Crippen LogP contribution in [0.15, 0.2) is 36.8 Å². The Morgan fingerprint density at radius 2 is 2.24 bits per heavy atom. The maximum atomic E-state index is 13.4. The third kappa shape index (κ3) is 2.75. The molecule has 0 radical (unpaired) electrons. The number of nitrogens with one attached hydrogen (secondary N) is 2. The average molecular weight is 306 g/mol. The molecule has 0 aliphatic carbocycles. The van der Waals surface area contributed by atoms with Gasteiger partial charge in [0.25, 0.3) is 0 Å². The molecule has 0 aliphatic heterocycles. The van der Waals surface area contributed by atoms with Crippen molar-refractivity contribution in [1.82, 2.24) is 14.4 Å². The lowest BCUT2D eigenvalue weighted by Crippen LogP contribution is -2.05. The van der Waals surface area contributed by atoms with E-state index in [-0.39, 0.29) is 5.82 Å². The Bertz CT molecular complexity index is 786. The molecule has 3 rings (SSSR count). The summed E-state index contributed by atoms with van der Waals surface area (Å²) in [6, 6.07) is 4.13. The summed E-state index contributed by atoms with van der Waals surface area (Å²) >= 11 is 6.07. The Labute approximate surface area is 125 Å². The van der Waals surface area contributed by atoms with Crippen molar-refractivity contribution in [3.8, 4) is 0 Å². The van der Waals surface area contributed by atoms with Crippen LogP contribution in [0.2, 0.25) is 5.02 Å². The topological polar surface area (TPSA) is 54.2 Å². The van der Waals surface area contributed by atoms with Gasteiger partial charge in [0.1, 0.15) is 11.6 Å². The molecule has 2 N–H and O–H groups in total. The summed E-state index contributed by atoms with van der Waals surface area (Å²) in [6.45, 7) is 2.73. The lowest BCUT2D eigenvalue weighted by atomic mass is 10.3. The summed E-state index contributed by atoms with van der Waals surface area (Å²) in [4.78, 5) is 8.68. The number of rotatable bonds is 4. The van der Waals surface area contributed by atoms with Gasteiger partial charge in [-0.25, -0.2) is 14.4 Å². The van der Waals surface area contributed by atoms with E-state index in [0.29, 0.717) is 28.0 Å². The molecule has 21 heavy (non-hydrogen) atoms. The maximum Gasteiger partial charge on any atom is 0.180 e. The summed E-state index contributed by atoms with van der Waals surface area (Å²) in [5.41, 5.74) is 1.08. The fraction of sp³-hybridized carbons (Fsp3) is 0.143. The van der Waals surface area contributed by atoms with Crippen molar-refractivity contribution in [3.63, 3.8) is 0 Å². The third-order valence-electron chi connectivity index (χ3n) is 2.91. The van der Waals surface area contributed by atoms with Gasteiger partial charge in [-0.2, -0.15) is 0 Å². The number of anilines is 3. The molecular weight excluding hydrogens is 293 g/mol. The summed E-state index contributed by atoms with van der Waals surface area (Å²) in [5.74, 6) is 0.827. The molecule has 0 fully saturated rings. The molecule has 5 nitrogen and oxygen atoms in total. The van der Waals surface area contributed by atoms with Crippen LogP contribution in [-0.2, 0) is 0 Å². The van der Waals surface area contributed by atoms with Crippen molar-refractivity contribution in [2.24, 2.45) is 0 Å². The zero-order valence-electron chi connectivity index (χ0n) is 11.3. The largest absolute Gasteiger partial charge is 0.369 e. The predicted molar refractivity (Wildman–Crippen MR) is 81.8 cm³/mol. The second-order valence-electron chi connectivity index (χ2n) is 4.41. The van der Waals surface area contributed by atoms with Crippen LogP contribution in [-0.4, -0.2) is 20.9 Å². The highest BCUT2D eigenvalue weighted by Crippen LogP contribution is 2.27. The number of halogens is 2. The first-order valence-electron chi connectivity index (χ1n) is 6.47. The van der Waals surface area contributed by atoms with E-state index in [1.165, 1.54) is 18.2 Å². The predicted octanol–water partition coefficient (Wildman–Crippen LogP) is 3.70. The maximum absolute atomic E-state index is 13.4. The van der Waals surface area contributed by atoms with Gasteiger partial charge in [0, 0.05) is 18.9 Å². The molecule has 0 bridgehead atoms. The molecule has 2 aromatic heterocycles. The standard InChI is InChI=1S/C14H13ClFN5/c1-2-17-12-8-21-6-5-18-14(21)13(20-12)19-11-7-9(16)3-4-10(11)15/h3-8,17H,2H2,1H3,(H,19,20). The smallest absolute Gasteiger partial charge is 0.180 e. The first kappa shape index (κ1) is 13.6. The van der Waals surface area contributed by atoms with Crippen molar-refractivity contribution in [3.05, 3.63) is 47.6 Å². The number of aromatic nitrogens is 3. The van der Waals surface area contributed by atoms with Gasteiger partial charge in [0.2, 0.25) is 0 Å². The highest BCUT2D eigenvalue weighted by atomic mass is 35.5. The monoisotopic (exact) mass is 305 g/mol. The lowest BCUT2D eigenvalue weighted by molar-refractivity contribution is 0.628. The van der Waals surface area contributed by atoms with Gasteiger partial charge in [-0.1, -0.05) is 11.6 Å². The molecular formula is C14H13ClFN5. The van der Waals surface area contributed by atoms with Crippen LogP contribution in [0.5, 0.6) is 0 Å². The van der Waals surface area contributed by atoms with Crippen molar-refractivity contribution < 1.29 is 4.39 Å². The van der Waals surface area contributed by atoms with E-state index in [9.17, 15) is 4.39 Å². The second kappa shape index (κ2) is 5.57. The van der Waals surface area contributed by atoms with E-state index in [4.69, 9.17) is 11.6 Å². The summed E-state index contributed by atoms with van der Waals surface area (Å²) in [7, 11) is 0. The van der Waals surface area contributed by atoms with Crippen LogP contribution in [0.4, 0.5) is 21.7 Å². The molecule has 2 heterocycles. The summed E-state index contributed by atoms with van der Waals surface area (Å²) in [5, 5.41) is 6.58. The van der Waals surface area contributed by atoms with Crippen LogP contribution < -0.4 is 10.6 Å². The number of imidazole rings is 1. The molecule has 0 saturated heterocycles. The Kier molecular flexibility index (Phi) is 3.62. The number of hydrogen-bond donors (Lipinski definition) is 2. The molecule has 0 amide bonds.